The third-order valence-electron chi connectivity index (χ3n) is 14.8. The molecule has 4 bridgehead atoms. The Morgan fingerprint density at radius 2 is 1.02 bits per heavy atom. The second-order valence-corrected chi connectivity index (χ2v) is 17.8. The zero-order chi connectivity index (χ0) is 36.5. The second kappa shape index (κ2) is 11.5. The minimum atomic E-state index is -0.118. The maximum atomic E-state index is 2.60. The molecule has 2 heteroatoms. The van der Waals surface area contributed by atoms with Crippen molar-refractivity contribution in [3.8, 4) is 5.69 Å². The maximum absolute atomic E-state index is 2.60. The van der Waals surface area contributed by atoms with Crippen LogP contribution in [-0.4, -0.2) is 4.57 Å². The van der Waals surface area contributed by atoms with Gasteiger partial charge in [-0.05, 0) is 138 Å². The lowest BCUT2D eigenvalue weighted by atomic mass is 9.39. The van der Waals surface area contributed by atoms with Crippen molar-refractivity contribution in [3.63, 3.8) is 0 Å². The zero-order valence-electron chi connectivity index (χ0n) is 31.8. The minimum Gasteiger partial charge on any atom is -0.310 e. The largest absolute Gasteiger partial charge is 0.310 e. The fraction of sp³-hybridized carbons (Fsp3) is 0.245. The molecule has 0 unspecified atom stereocenters. The van der Waals surface area contributed by atoms with Gasteiger partial charge >= 0.3 is 0 Å². The normalized spacial score (nSPS) is 24.4. The fourth-order valence-electron chi connectivity index (χ4n) is 12.8. The van der Waals surface area contributed by atoms with E-state index in [9.17, 15) is 0 Å². The summed E-state index contributed by atoms with van der Waals surface area (Å²) in [5, 5.41) is 5.09. The van der Waals surface area contributed by atoms with E-state index in [1.807, 2.05) is 0 Å². The van der Waals surface area contributed by atoms with Crippen molar-refractivity contribution in [2.75, 3.05) is 4.90 Å². The molecule has 4 saturated carbocycles. The summed E-state index contributed by atoms with van der Waals surface area (Å²) >= 11 is 0. The maximum Gasteiger partial charge on any atom is 0.0541 e. The van der Waals surface area contributed by atoms with Crippen LogP contribution in [0.4, 0.5) is 17.1 Å². The van der Waals surface area contributed by atoms with Gasteiger partial charge in [-0.1, -0.05) is 117 Å². The van der Waals surface area contributed by atoms with Gasteiger partial charge in [0.1, 0.15) is 0 Å². The van der Waals surface area contributed by atoms with Crippen LogP contribution in [0.5, 0.6) is 0 Å². The van der Waals surface area contributed by atoms with Gasteiger partial charge in [-0.3, -0.25) is 0 Å². The van der Waals surface area contributed by atoms with E-state index in [4.69, 9.17) is 0 Å². The highest BCUT2D eigenvalue weighted by Gasteiger charge is 2.62. The summed E-state index contributed by atoms with van der Waals surface area (Å²) in [4.78, 5) is 2.53. The van der Waals surface area contributed by atoms with E-state index in [1.165, 1.54) is 93.0 Å². The molecule has 4 fully saturated rings. The molecule has 2 nitrogen and oxygen atoms in total. The molecule has 268 valence electrons. The Morgan fingerprint density at radius 1 is 0.473 bits per heavy atom. The lowest BCUT2D eigenvalue weighted by molar-refractivity contribution is -0.0443. The van der Waals surface area contributed by atoms with Crippen molar-refractivity contribution in [1.82, 2.24) is 4.57 Å². The third kappa shape index (κ3) is 4.31. The zero-order valence-corrected chi connectivity index (χ0v) is 31.8. The van der Waals surface area contributed by atoms with Crippen LogP contribution in [0, 0.1) is 23.7 Å². The van der Waals surface area contributed by atoms with E-state index in [-0.39, 0.29) is 10.8 Å². The van der Waals surface area contributed by atoms with Crippen LogP contribution in [0.1, 0.15) is 68.2 Å². The molecule has 0 saturated heterocycles. The van der Waals surface area contributed by atoms with Crippen LogP contribution in [0.25, 0.3) is 38.3 Å². The second-order valence-electron chi connectivity index (χ2n) is 17.8. The molecule has 1 heterocycles. The van der Waals surface area contributed by atoms with E-state index >= 15 is 0 Å². The highest BCUT2D eigenvalue weighted by Crippen LogP contribution is 2.68. The number of benzene rings is 7. The van der Waals surface area contributed by atoms with Crippen LogP contribution < -0.4 is 4.90 Å². The van der Waals surface area contributed by atoms with Crippen molar-refractivity contribution in [1.29, 1.82) is 0 Å². The van der Waals surface area contributed by atoms with Crippen LogP contribution in [0.3, 0.4) is 0 Å². The summed E-state index contributed by atoms with van der Waals surface area (Å²) < 4.78 is 2.42. The van der Waals surface area contributed by atoms with Gasteiger partial charge in [0.15, 0.2) is 0 Å². The lowest BCUT2D eigenvalue weighted by Crippen LogP contribution is -2.58. The van der Waals surface area contributed by atoms with Crippen molar-refractivity contribution < 1.29 is 0 Å². The smallest absolute Gasteiger partial charge is 0.0541 e. The molecule has 0 aliphatic heterocycles. The molecule has 5 aliphatic rings. The van der Waals surface area contributed by atoms with Crippen LogP contribution >= 0.6 is 0 Å². The molecule has 8 aromatic rings. The average Bonchev–Trinajstić information content (AvgIpc) is 3.56. The first-order valence-electron chi connectivity index (χ1n) is 20.6. The lowest BCUT2D eigenvalue weighted by Gasteiger charge is -2.64. The van der Waals surface area contributed by atoms with Crippen LogP contribution in [0.2, 0.25) is 0 Å². The summed E-state index contributed by atoms with van der Waals surface area (Å²) in [7, 11) is 0. The van der Waals surface area contributed by atoms with E-state index in [1.54, 1.807) is 16.7 Å². The first kappa shape index (κ1) is 31.7. The highest BCUT2D eigenvalue weighted by molar-refractivity contribution is 6.09. The fourth-order valence-corrected chi connectivity index (χ4v) is 12.8. The molecule has 0 amide bonds. The molecule has 7 aromatic carbocycles. The molecular weight excluding hydrogens is 665 g/mol. The number of hydrogen-bond acceptors (Lipinski definition) is 1. The molecule has 1 aromatic heterocycles. The van der Waals surface area contributed by atoms with Crippen LogP contribution in [0.15, 0.2) is 158 Å². The first-order valence-corrected chi connectivity index (χ1v) is 20.6. The molecule has 55 heavy (non-hydrogen) atoms. The van der Waals surface area contributed by atoms with Gasteiger partial charge in [-0.2, -0.15) is 0 Å². The van der Waals surface area contributed by atoms with Gasteiger partial charge in [0.25, 0.3) is 0 Å². The van der Waals surface area contributed by atoms with Gasteiger partial charge in [-0.25, -0.2) is 0 Å². The Kier molecular flexibility index (Phi) is 6.61. The summed E-state index contributed by atoms with van der Waals surface area (Å²) in [6.45, 7) is 4.97. The summed E-state index contributed by atoms with van der Waals surface area (Å²) in [5.74, 6) is 3.30. The Balaban J connectivity index is 1.06. The van der Waals surface area contributed by atoms with E-state index in [0.717, 1.165) is 23.7 Å². The average molecular weight is 711 g/mol. The SMILES string of the molecule is CC1(C)c2ccccc2C2(c3ccc(N(c4ccc(-n5c6ccccc6c6ccccc65)cc4)c4cccc5ccccc45)cc31)C1CC3CC(C1)CC2C3. The first-order chi connectivity index (χ1) is 27.0. The summed E-state index contributed by atoms with van der Waals surface area (Å²) in [6, 6.07) is 59.8. The van der Waals surface area contributed by atoms with Crippen molar-refractivity contribution >= 4 is 49.6 Å². The predicted octanol–water partition coefficient (Wildman–Crippen LogP) is 13.8. The van der Waals surface area contributed by atoms with Gasteiger partial charge in [0.05, 0.1) is 16.7 Å². The molecule has 1 spiro atoms. The third-order valence-corrected chi connectivity index (χ3v) is 14.8. The van der Waals surface area contributed by atoms with Crippen molar-refractivity contribution in [2.45, 2.75) is 56.8 Å². The molecular formula is C53H46N2. The number of anilines is 3. The van der Waals surface area contributed by atoms with Crippen molar-refractivity contribution in [3.05, 3.63) is 180 Å². The standard InChI is InChI=1S/C53H46N2/c1-52(2)45-17-7-8-18-46(45)53(37-29-34-28-35(31-37)32-38(53)30-34)47-27-26-41(33-48(47)52)54(49-21-11-13-36-12-3-4-14-42(36)49)39-22-24-40(25-23-39)55-50-19-9-5-15-43(50)44-16-6-10-20-51(44)55/h3-27,33-35,37-38H,28-32H2,1-2H3. The van der Waals surface area contributed by atoms with Crippen LogP contribution in [-0.2, 0) is 10.8 Å². The Hall–Kier alpha value is -5.60. The minimum absolute atomic E-state index is 0.113. The molecule has 0 N–H and O–H groups in total. The Morgan fingerprint density at radius 3 is 1.71 bits per heavy atom. The number of para-hydroxylation sites is 2. The van der Waals surface area contributed by atoms with E-state index < -0.39 is 0 Å². The highest BCUT2D eigenvalue weighted by atomic mass is 15.1. The van der Waals surface area contributed by atoms with Gasteiger partial charge in [0, 0.05) is 44.1 Å². The van der Waals surface area contributed by atoms with Gasteiger partial charge in [-0.15, -0.1) is 0 Å². The quantitative estimate of drug-likeness (QED) is 0.177. The molecule has 13 rings (SSSR count). The number of rotatable bonds is 4. The number of aromatic nitrogens is 1. The Labute approximate surface area is 324 Å². The molecule has 0 atom stereocenters. The summed E-state index contributed by atoms with van der Waals surface area (Å²) in [6.07, 6.45) is 7.04. The van der Waals surface area contributed by atoms with E-state index in [0.29, 0.717) is 0 Å². The van der Waals surface area contributed by atoms with E-state index in [2.05, 4.69) is 181 Å². The summed E-state index contributed by atoms with van der Waals surface area (Å²) in [5.41, 5.74) is 13.6. The molecule has 0 radical (unpaired) electrons. The predicted molar refractivity (Wildman–Crippen MR) is 229 cm³/mol. The molecule has 5 aliphatic carbocycles. The van der Waals surface area contributed by atoms with Gasteiger partial charge in [0.2, 0.25) is 0 Å². The van der Waals surface area contributed by atoms with Gasteiger partial charge < -0.3 is 9.47 Å². The number of nitrogens with zero attached hydrogens (tertiary/aromatic N) is 2. The monoisotopic (exact) mass is 710 g/mol. The number of hydrogen-bond donors (Lipinski definition) is 0. The Bertz CT molecular complexity index is 2730. The number of fused-ring (bicyclic) bond motifs is 6. The van der Waals surface area contributed by atoms with Crippen molar-refractivity contribution in [2.24, 2.45) is 23.7 Å². The topological polar surface area (TPSA) is 8.17 Å².